The molecule has 0 fully saturated rings. The Morgan fingerprint density at radius 1 is 0.606 bits per heavy atom. The summed E-state index contributed by atoms with van der Waals surface area (Å²) in [7, 11) is 0. The van der Waals surface area contributed by atoms with Crippen molar-refractivity contribution in [3.63, 3.8) is 0 Å². The Hall–Kier alpha value is -4.24. The van der Waals surface area contributed by atoms with Crippen molar-refractivity contribution in [3.05, 3.63) is 108 Å². The van der Waals surface area contributed by atoms with Crippen molar-refractivity contribution in [2.24, 2.45) is 0 Å². The molecule has 0 spiro atoms. The van der Waals surface area contributed by atoms with Crippen LogP contribution in [0, 0.1) is 13.8 Å². The molecule has 0 radical (unpaired) electrons. The average molecular weight is 427 g/mol. The zero-order valence-electron chi connectivity index (χ0n) is 18.5. The lowest BCUT2D eigenvalue weighted by Crippen LogP contribution is -1.92. The molecule has 158 valence electrons. The van der Waals surface area contributed by atoms with E-state index in [1.807, 2.05) is 18.3 Å². The number of hydrogen-bond acceptors (Lipinski definition) is 3. The average Bonchev–Trinajstić information content (AvgIpc) is 3.22. The molecule has 0 amide bonds. The third-order valence-electron chi connectivity index (χ3n) is 6.04. The maximum atomic E-state index is 6.45. The van der Waals surface area contributed by atoms with Gasteiger partial charge < -0.3 is 4.42 Å². The highest BCUT2D eigenvalue weighted by molar-refractivity contribution is 6.10. The highest BCUT2D eigenvalue weighted by Crippen LogP contribution is 2.38. The second-order valence-electron chi connectivity index (χ2n) is 8.50. The number of fused-ring (bicyclic) bond motifs is 3. The molecule has 3 aromatic carbocycles. The van der Waals surface area contributed by atoms with Crippen molar-refractivity contribution in [2.75, 3.05) is 0 Å². The van der Waals surface area contributed by atoms with Crippen LogP contribution in [0.15, 0.2) is 102 Å². The number of hydrogen-bond donors (Lipinski definition) is 0. The van der Waals surface area contributed by atoms with Gasteiger partial charge in [0.2, 0.25) is 0 Å². The lowest BCUT2D eigenvalue weighted by molar-refractivity contribution is 0.668. The standard InChI is InChI=1S/C30H22N2O/c1-19-7-6-10-23(15-19)26-18-25-24-12-11-22(21-8-4-3-5-9-21)17-28(24)33-30(25)29(32-26)27-16-20(2)13-14-31-27/h3-18H,1-2H3. The van der Waals surface area contributed by atoms with Crippen molar-refractivity contribution >= 4 is 21.9 Å². The normalized spacial score (nSPS) is 11.3. The molecule has 0 N–H and O–H groups in total. The third-order valence-corrected chi connectivity index (χ3v) is 6.04. The number of benzene rings is 3. The molecule has 0 saturated heterocycles. The molecule has 3 aromatic heterocycles. The maximum absolute atomic E-state index is 6.45. The predicted octanol–water partition coefficient (Wildman–Crippen LogP) is 7.99. The van der Waals surface area contributed by atoms with Gasteiger partial charge in [0, 0.05) is 22.5 Å². The van der Waals surface area contributed by atoms with Gasteiger partial charge in [0.1, 0.15) is 11.3 Å². The van der Waals surface area contributed by atoms with Crippen molar-refractivity contribution in [1.82, 2.24) is 9.97 Å². The molecule has 3 heterocycles. The summed E-state index contributed by atoms with van der Waals surface area (Å²) >= 11 is 0. The van der Waals surface area contributed by atoms with Crippen molar-refractivity contribution in [1.29, 1.82) is 0 Å². The summed E-state index contributed by atoms with van der Waals surface area (Å²) in [6, 6.07) is 31.4. The van der Waals surface area contributed by atoms with Crippen molar-refractivity contribution in [3.8, 4) is 33.8 Å². The van der Waals surface area contributed by atoms with Crippen LogP contribution in [0.4, 0.5) is 0 Å². The van der Waals surface area contributed by atoms with E-state index in [0.29, 0.717) is 0 Å². The molecular weight excluding hydrogens is 404 g/mol. The topological polar surface area (TPSA) is 38.9 Å². The second-order valence-corrected chi connectivity index (χ2v) is 8.50. The largest absolute Gasteiger partial charge is 0.454 e. The summed E-state index contributed by atoms with van der Waals surface area (Å²) < 4.78 is 6.45. The number of pyridine rings is 2. The van der Waals surface area contributed by atoms with Gasteiger partial charge >= 0.3 is 0 Å². The van der Waals surface area contributed by atoms with E-state index in [9.17, 15) is 0 Å². The Morgan fingerprint density at radius 3 is 2.24 bits per heavy atom. The Kier molecular flexibility index (Phi) is 4.55. The number of furan rings is 1. The molecule has 33 heavy (non-hydrogen) atoms. The number of aromatic nitrogens is 2. The van der Waals surface area contributed by atoms with Crippen LogP contribution in [0.2, 0.25) is 0 Å². The van der Waals surface area contributed by atoms with Crippen LogP contribution in [0.25, 0.3) is 55.7 Å². The van der Waals surface area contributed by atoms with Crippen LogP contribution in [0.5, 0.6) is 0 Å². The van der Waals surface area contributed by atoms with Crippen LogP contribution in [0.3, 0.4) is 0 Å². The van der Waals surface area contributed by atoms with Gasteiger partial charge in [-0.15, -0.1) is 0 Å². The van der Waals surface area contributed by atoms with E-state index in [1.165, 1.54) is 11.1 Å². The Morgan fingerprint density at radius 2 is 1.42 bits per heavy atom. The highest BCUT2D eigenvalue weighted by Gasteiger charge is 2.18. The summed E-state index contributed by atoms with van der Waals surface area (Å²) in [5, 5.41) is 2.13. The molecule has 0 atom stereocenters. The van der Waals surface area contributed by atoms with Crippen LogP contribution in [-0.2, 0) is 0 Å². The molecule has 3 heteroatoms. The zero-order valence-corrected chi connectivity index (χ0v) is 18.5. The van der Waals surface area contributed by atoms with E-state index < -0.39 is 0 Å². The molecule has 0 bridgehead atoms. The van der Waals surface area contributed by atoms with Gasteiger partial charge in [-0.3, -0.25) is 4.98 Å². The predicted molar refractivity (Wildman–Crippen MR) is 135 cm³/mol. The minimum atomic E-state index is 0.768. The molecule has 0 saturated carbocycles. The van der Waals surface area contributed by atoms with Crippen LogP contribution < -0.4 is 0 Å². The lowest BCUT2D eigenvalue weighted by atomic mass is 10.0. The maximum Gasteiger partial charge on any atom is 0.163 e. The van der Waals surface area contributed by atoms with Gasteiger partial charge in [0.15, 0.2) is 5.58 Å². The minimum absolute atomic E-state index is 0.768. The lowest BCUT2D eigenvalue weighted by Gasteiger charge is -2.07. The number of aryl methyl sites for hydroxylation is 2. The highest BCUT2D eigenvalue weighted by atomic mass is 16.3. The molecule has 0 aliphatic rings. The first-order valence-electron chi connectivity index (χ1n) is 11.1. The minimum Gasteiger partial charge on any atom is -0.454 e. The fraction of sp³-hybridized carbons (Fsp3) is 0.0667. The number of rotatable bonds is 3. The quantitative estimate of drug-likeness (QED) is 0.288. The summed E-state index contributed by atoms with van der Waals surface area (Å²) in [6.45, 7) is 4.17. The fourth-order valence-corrected chi connectivity index (χ4v) is 4.38. The summed E-state index contributed by atoms with van der Waals surface area (Å²) in [4.78, 5) is 9.67. The van der Waals surface area contributed by atoms with Gasteiger partial charge in [0.25, 0.3) is 0 Å². The van der Waals surface area contributed by atoms with E-state index in [4.69, 9.17) is 9.40 Å². The van der Waals surface area contributed by atoms with Crippen molar-refractivity contribution < 1.29 is 4.42 Å². The zero-order chi connectivity index (χ0) is 22.4. The molecule has 0 unspecified atom stereocenters. The molecule has 6 aromatic rings. The molecule has 0 aliphatic heterocycles. The van der Waals surface area contributed by atoms with E-state index in [2.05, 4.69) is 97.7 Å². The smallest absolute Gasteiger partial charge is 0.163 e. The third kappa shape index (κ3) is 3.48. The first-order chi connectivity index (χ1) is 16.2. The van der Waals surface area contributed by atoms with Crippen LogP contribution in [-0.4, -0.2) is 9.97 Å². The van der Waals surface area contributed by atoms with E-state index in [-0.39, 0.29) is 0 Å². The molecule has 0 aliphatic carbocycles. The van der Waals surface area contributed by atoms with Gasteiger partial charge in [-0.1, -0.05) is 60.2 Å². The molecule has 6 rings (SSSR count). The summed E-state index contributed by atoms with van der Waals surface area (Å²) in [5.74, 6) is 0. The van der Waals surface area contributed by atoms with Gasteiger partial charge in [-0.05, 0) is 66.9 Å². The van der Waals surface area contributed by atoms with Crippen molar-refractivity contribution in [2.45, 2.75) is 13.8 Å². The van der Waals surface area contributed by atoms with E-state index in [0.717, 1.165) is 55.7 Å². The summed E-state index contributed by atoms with van der Waals surface area (Å²) in [5.41, 5.74) is 9.84. The van der Waals surface area contributed by atoms with Gasteiger partial charge in [-0.25, -0.2) is 4.98 Å². The molecular formula is C30H22N2O. The van der Waals surface area contributed by atoms with E-state index >= 15 is 0 Å². The molecule has 3 nitrogen and oxygen atoms in total. The Balaban J connectivity index is 1.65. The van der Waals surface area contributed by atoms with Gasteiger partial charge in [-0.2, -0.15) is 0 Å². The van der Waals surface area contributed by atoms with Crippen LogP contribution in [0.1, 0.15) is 11.1 Å². The fourth-order valence-electron chi connectivity index (χ4n) is 4.38. The monoisotopic (exact) mass is 426 g/mol. The first kappa shape index (κ1) is 19.4. The first-order valence-corrected chi connectivity index (χ1v) is 11.1. The Bertz CT molecular complexity index is 1630. The SMILES string of the molecule is Cc1cccc(-c2cc3c(oc4cc(-c5ccccc5)ccc43)c(-c3cc(C)ccn3)n2)c1. The second kappa shape index (κ2) is 7.72. The summed E-state index contributed by atoms with van der Waals surface area (Å²) in [6.07, 6.45) is 1.83. The Labute approximate surface area is 192 Å². The number of nitrogens with zero attached hydrogens (tertiary/aromatic N) is 2. The van der Waals surface area contributed by atoms with Crippen LogP contribution >= 0.6 is 0 Å². The van der Waals surface area contributed by atoms with E-state index in [1.54, 1.807) is 0 Å². The van der Waals surface area contributed by atoms with Gasteiger partial charge in [0.05, 0.1) is 11.4 Å².